The Balaban J connectivity index is 1.65. The molecule has 0 aromatic heterocycles. The van der Waals surface area contributed by atoms with Gasteiger partial charge in [-0.05, 0) is 63.9 Å². The molecule has 3 rings (SSSR count). The highest BCUT2D eigenvalue weighted by Crippen LogP contribution is 2.26. The lowest BCUT2D eigenvalue weighted by atomic mass is 10.2. The Morgan fingerprint density at radius 1 is 1.12 bits per heavy atom. The molecule has 1 amide bonds. The first-order valence-electron chi connectivity index (χ1n) is 10.9. The van der Waals surface area contributed by atoms with Crippen molar-refractivity contribution in [3.05, 3.63) is 54.1 Å². The molecular formula is C24H30N2O7S. The van der Waals surface area contributed by atoms with Crippen LogP contribution in [0.2, 0.25) is 0 Å². The fourth-order valence-electron chi connectivity index (χ4n) is 3.59. The number of para-hydroxylation sites is 1. The molecular weight excluding hydrogens is 460 g/mol. The fraction of sp³-hybridized carbons (Fsp3) is 0.417. The molecule has 34 heavy (non-hydrogen) atoms. The third-order valence-corrected chi connectivity index (χ3v) is 6.54. The smallest absolute Gasteiger partial charge is 0.410 e. The number of esters is 1. The molecule has 9 nitrogen and oxygen atoms in total. The van der Waals surface area contributed by atoms with Gasteiger partial charge >= 0.3 is 12.1 Å². The Morgan fingerprint density at radius 2 is 1.85 bits per heavy atom. The number of anilines is 1. The highest BCUT2D eigenvalue weighted by atomic mass is 32.2. The van der Waals surface area contributed by atoms with E-state index in [1.54, 1.807) is 49.9 Å². The highest BCUT2D eigenvalue weighted by Gasteiger charge is 2.33. The van der Waals surface area contributed by atoms with E-state index in [9.17, 15) is 18.0 Å². The number of sulfonamides is 1. The van der Waals surface area contributed by atoms with Crippen LogP contribution in [0, 0.1) is 0 Å². The van der Waals surface area contributed by atoms with Crippen molar-refractivity contribution in [1.29, 1.82) is 0 Å². The van der Waals surface area contributed by atoms with Crippen LogP contribution in [0.25, 0.3) is 0 Å². The van der Waals surface area contributed by atoms with E-state index < -0.39 is 27.7 Å². The van der Waals surface area contributed by atoms with Gasteiger partial charge in [-0.3, -0.25) is 4.72 Å². The number of rotatable bonds is 7. The van der Waals surface area contributed by atoms with E-state index in [4.69, 9.17) is 14.2 Å². The number of hydrogen-bond acceptors (Lipinski definition) is 7. The maximum Gasteiger partial charge on any atom is 0.410 e. The van der Waals surface area contributed by atoms with Crippen LogP contribution in [0.5, 0.6) is 5.75 Å². The molecule has 1 atom stereocenters. The highest BCUT2D eigenvalue weighted by molar-refractivity contribution is 7.92. The summed E-state index contributed by atoms with van der Waals surface area (Å²) in [5.74, 6) is -0.411. The van der Waals surface area contributed by atoms with Crippen LogP contribution >= 0.6 is 0 Å². The molecule has 1 aliphatic rings. The zero-order chi connectivity index (χ0) is 24.9. The maximum atomic E-state index is 12.8. The predicted octanol–water partition coefficient (Wildman–Crippen LogP) is 4.05. The number of methoxy groups -OCH3 is 1. The quantitative estimate of drug-likeness (QED) is 0.583. The van der Waals surface area contributed by atoms with Crippen molar-refractivity contribution in [3.8, 4) is 5.75 Å². The van der Waals surface area contributed by atoms with Crippen LogP contribution < -0.4 is 9.46 Å². The molecule has 10 heteroatoms. The molecule has 0 unspecified atom stereocenters. The molecule has 1 fully saturated rings. The molecule has 2 aromatic rings. The molecule has 0 saturated carbocycles. The van der Waals surface area contributed by atoms with Gasteiger partial charge in [-0.2, -0.15) is 0 Å². The lowest BCUT2D eigenvalue weighted by Crippen LogP contribution is -2.42. The number of likely N-dealkylation sites (tertiary alicyclic amines) is 1. The summed E-state index contributed by atoms with van der Waals surface area (Å²) in [6.45, 7) is 5.95. The summed E-state index contributed by atoms with van der Waals surface area (Å²) in [4.78, 5) is 26.6. The van der Waals surface area contributed by atoms with Crippen molar-refractivity contribution in [2.24, 2.45) is 0 Å². The largest absolute Gasteiger partial charge is 0.495 e. The summed E-state index contributed by atoms with van der Waals surface area (Å²) in [6, 6.07) is 12.0. The average molecular weight is 491 g/mol. The van der Waals surface area contributed by atoms with Crippen molar-refractivity contribution in [2.45, 2.75) is 50.2 Å². The summed E-state index contributed by atoms with van der Waals surface area (Å²) in [6.07, 6.45) is 1.06. The number of benzene rings is 2. The lowest BCUT2D eigenvalue weighted by molar-refractivity contribution is 0.0106. The van der Waals surface area contributed by atoms with E-state index in [1.165, 1.54) is 31.4 Å². The van der Waals surface area contributed by atoms with Gasteiger partial charge in [0.05, 0.1) is 18.7 Å². The molecule has 1 aliphatic heterocycles. The monoisotopic (exact) mass is 490 g/mol. The fourth-order valence-corrected chi connectivity index (χ4v) is 4.81. The second-order valence-electron chi connectivity index (χ2n) is 8.91. The van der Waals surface area contributed by atoms with Crippen LogP contribution in [0.1, 0.15) is 44.0 Å². The number of nitrogens with zero attached hydrogens (tertiary/aromatic N) is 1. The van der Waals surface area contributed by atoms with Gasteiger partial charge in [0.15, 0.2) is 0 Å². The maximum absolute atomic E-state index is 12.8. The van der Waals surface area contributed by atoms with Crippen LogP contribution in [-0.2, 0) is 19.5 Å². The number of amides is 1. The summed E-state index contributed by atoms with van der Waals surface area (Å²) in [5, 5.41) is 0. The van der Waals surface area contributed by atoms with Gasteiger partial charge in [-0.25, -0.2) is 18.0 Å². The Labute approximate surface area is 200 Å². The lowest BCUT2D eigenvalue weighted by Gasteiger charge is -2.28. The second kappa shape index (κ2) is 10.3. The van der Waals surface area contributed by atoms with Crippen LogP contribution in [0.4, 0.5) is 10.5 Å². The zero-order valence-electron chi connectivity index (χ0n) is 19.7. The van der Waals surface area contributed by atoms with Crippen LogP contribution in [-0.4, -0.2) is 57.3 Å². The van der Waals surface area contributed by atoms with E-state index in [2.05, 4.69) is 4.72 Å². The van der Waals surface area contributed by atoms with Crippen molar-refractivity contribution < 1.29 is 32.2 Å². The van der Waals surface area contributed by atoms with Gasteiger partial charge in [0.2, 0.25) is 0 Å². The van der Waals surface area contributed by atoms with Crippen molar-refractivity contribution in [3.63, 3.8) is 0 Å². The summed E-state index contributed by atoms with van der Waals surface area (Å²) >= 11 is 0. The van der Waals surface area contributed by atoms with Gasteiger partial charge in [-0.15, -0.1) is 0 Å². The number of ether oxygens (including phenoxy) is 3. The number of carbonyl (C=O) groups excluding carboxylic acids is 2. The minimum atomic E-state index is -3.94. The van der Waals surface area contributed by atoms with E-state index in [0.717, 1.165) is 6.42 Å². The minimum absolute atomic E-state index is 0.0195. The predicted molar refractivity (Wildman–Crippen MR) is 126 cm³/mol. The molecule has 0 spiro atoms. The number of carbonyl (C=O) groups is 2. The second-order valence-corrected chi connectivity index (χ2v) is 10.6. The van der Waals surface area contributed by atoms with E-state index in [-0.39, 0.29) is 34.5 Å². The van der Waals surface area contributed by atoms with Gasteiger partial charge < -0.3 is 19.1 Å². The summed E-state index contributed by atoms with van der Waals surface area (Å²) in [7, 11) is -2.55. The van der Waals surface area contributed by atoms with Gasteiger partial charge in [0, 0.05) is 12.2 Å². The number of hydrogen-bond donors (Lipinski definition) is 1. The first kappa shape index (κ1) is 25.4. The Kier molecular flexibility index (Phi) is 7.71. The number of nitrogens with one attached hydrogen (secondary N) is 1. The molecule has 1 N–H and O–H groups in total. The Morgan fingerprint density at radius 3 is 2.56 bits per heavy atom. The van der Waals surface area contributed by atoms with Crippen molar-refractivity contribution >= 4 is 27.8 Å². The van der Waals surface area contributed by atoms with E-state index in [0.29, 0.717) is 13.0 Å². The van der Waals surface area contributed by atoms with Crippen LogP contribution in [0.15, 0.2) is 53.4 Å². The topological polar surface area (TPSA) is 111 Å². The third-order valence-electron chi connectivity index (χ3n) is 5.12. The van der Waals surface area contributed by atoms with E-state index in [1.807, 2.05) is 0 Å². The van der Waals surface area contributed by atoms with Crippen LogP contribution in [0.3, 0.4) is 0 Å². The standard InChI is InChI=1S/C24H30N2O7S/c1-24(2,3)33-23(28)26-14-8-11-19(26)16-32-22(27)17-9-7-10-18(15-17)25-34(29,30)21-13-6-5-12-20(21)31-4/h5-7,9-10,12-13,15,19,25H,8,11,14,16H2,1-4H3/t19-/m0/s1. The summed E-state index contributed by atoms with van der Waals surface area (Å²) in [5.41, 5.74) is -0.225. The molecule has 184 valence electrons. The molecule has 0 aliphatic carbocycles. The van der Waals surface area contributed by atoms with Gasteiger partial charge in [0.1, 0.15) is 22.9 Å². The van der Waals surface area contributed by atoms with Crippen molar-refractivity contribution in [1.82, 2.24) is 4.90 Å². The van der Waals surface area contributed by atoms with Gasteiger partial charge in [0.25, 0.3) is 10.0 Å². The Hall–Kier alpha value is -3.27. The molecule has 1 saturated heterocycles. The SMILES string of the molecule is COc1ccccc1S(=O)(=O)Nc1cccc(C(=O)OC[C@@H]2CCCN2C(=O)OC(C)(C)C)c1. The van der Waals surface area contributed by atoms with Crippen molar-refractivity contribution in [2.75, 3.05) is 25.0 Å². The molecule has 0 bridgehead atoms. The van der Waals surface area contributed by atoms with Gasteiger partial charge in [-0.1, -0.05) is 18.2 Å². The van der Waals surface area contributed by atoms with E-state index >= 15 is 0 Å². The first-order chi connectivity index (χ1) is 16.0. The average Bonchev–Trinajstić information content (AvgIpc) is 3.25. The molecule has 0 radical (unpaired) electrons. The Bertz CT molecular complexity index is 1140. The molecule has 2 aromatic carbocycles. The first-order valence-corrected chi connectivity index (χ1v) is 12.4. The normalized spacial score (nSPS) is 16.1. The minimum Gasteiger partial charge on any atom is -0.495 e. The summed E-state index contributed by atoms with van der Waals surface area (Å²) < 4.78 is 44.1. The zero-order valence-corrected chi connectivity index (χ0v) is 20.6. The third kappa shape index (κ3) is 6.40. The molecule has 1 heterocycles.